The van der Waals surface area contributed by atoms with Gasteiger partial charge in [0, 0.05) is 4.47 Å². The molecule has 2 aromatic carbocycles. The fourth-order valence-corrected chi connectivity index (χ4v) is 4.91. The number of benzene rings is 2. The second-order valence-electron chi connectivity index (χ2n) is 7.42. The van der Waals surface area contributed by atoms with Gasteiger partial charge in [-0.3, -0.25) is 14.5 Å². The molecule has 4 aromatic rings. The standard InChI is InChI=1S/C23H18BrN3O4S/c1-3-9-30-15-6-4-5-13(10-15)19-18-20(28)16-11-14(24)7-8-17(16)31-21(18)22(29)27(19)23-26-25-12(2)32-23/h4-8,10-11,19H,3,9H2,1-2H3. The molecule has 9 heteroatoms. The topological polar surface area (TPSA) is 85.5 Å². The Morgan fingerprint density at radius 3 is 2.78 bits per heavy atom. The minimum Gasteiger partial charge on any atom is -0.494 e. The molecule has 1 unspecified atom stereocenters. The van der Waals surface area contributed by atoms with Gasteiger partial charge in [0.25, 0.3) is 5.91 Å². The number of anilines is 1. The van der Waals surface area contributed by atoms with Crippen molar-refractivity contribution in [2.24, 2.45) is 0 Å². The van der Waals surface area contributed by atoms with Gasteiger partial charge in [0.1, 0.15) is 16.3 Å². The third-order valence-corrected chi connectivity index (χ3v) is 6.53. The van der Waals surface area contributed by atoms with Crippen LogP contribution in [0.3, 0.4) is 0 Å². The number of ether oxygens (including phenoxy) is 1. The molecule has 7 nitrogen and oxygen atoms in total. The van der Waals surface area contributed by atoms with E-state index in [2.05, 4.69) is 26.1 Å². The van der Waals surface area contributed by atoms with Gasteiger partial charge >= 0.3 is 0 Å². The summed E-state index contributed by atoms with van der Waals surface area (Å²) in [6.45, 7) is 4.42. The van der Waals surface area contributed by atoms with Crippen molar-refractivity contribution in [1.82, 2.24) is 10.2 Å². The lowest BCUT2D eigenvalue weighted by atomic mass is 9.98. The summed E-state index contributed by atoms with van der Waals surface area (Å²) < 4.78 is 12.5. The third kappa shape index (κ3) is 3.41. The minimum absolute atomic E-state index is 0.0301. The molecule has 3 heterocycles. The van der Waals surface area contributed by atoms with E-state index in [0.29, 0.717) is 34.0 Å². The van der Waals surface area contributed by atoms with E-state index in [0.717, 1.165) is 21.5 Å². The summed E-state index contributed by atoms with van der Waals surface area (Å²) in [7, 11) is 0. The number of hydrogen-bond acceptors (Lipinski definition) is 7. The predicted molar refractivity (Wildman–Crippen MR) is 126 cm³/mol. The van der Waals surface area contributed by atoms with Crippen LogP contribution >= 0.6 is 27.3 Å². The average Bonchev–Trinajstić information content (AvgIpc) is 3.34. The second-order valence-corrected chi connectivity index (χ2v) is 9.49. The summed E-state index contributed by atoms with van der Waals surface area (Å²) in [5, 5.41) is 9.79. The first-order chi connectivity index (χ1) is 15.5. The zero-order chi connectivity index (χ0) is 22.4. The molecule has 0 aliphatic carbocycles. The molecule has 0 saturated carbocycles. The summed E-state index contributed by atoms with van der Waals surface area (Å²) in [6.07, 6.45) is 0.871. The maximum Gasteiger partial charge on any atom is 0.297 e. The van der Waals surface area contributed by atoms with Gasteiger partial charge in [-0.25, -0.2) is 0 Å². The number of hydrogen-bond donors (Lipinski definition) is 0. The summed E-state index contributed by atoms with van der Waals surface area (Å²) >= 11 is 4.70. The molecule has 0 radical (unpaired) electrons. The van der Waals surface area contributed by atoms with E-state index in [1.54, 1.807) is 18.2 Å². The minimum atomic E-state index is -0.699. The second kappa shape index (κ2) is 8.14. The van der Waals surface area contributed by atoms with E-state index in [1.807, 2.05) is 38.1 Å². The first-order valence-corrected chi connectivity index (χ1v) is 11.7. The highest BCUT2D eigenvalue weighted by Crippen LogP contribution is 2.42. The fourth-order valence-electron chi connectivity index (χ4n) is 3.84. The molecule has 0 bridgehead atoms. The Balaban J connectivity index is 1.76. The average molecular weight is 512 g/mol. The Bertz CT molecular complexity index is 1410. The lowest BCUT2D eigenvalue weighted by Gasteiger charge is -2.22. The normalized spacial score (nSPS) is 15.4. The summed E-state index contributed by atoms with van der Waals surface area (Å²) in [4.78, 5) is 28.6. The molecule has 1 amide bonds. The van der Waals surface area contributed by atoms with Crippen molar-refractivity contribution < 1.29 is 13.9 Å². The van der Waals surface area contributed by atoms with Gasteiger partial charge in [-0.15, -0.1) is 10.2 Å². The van der Waals surface area contributed by atoms with E-state index < -0.39 is 11.9 Å². The molecule has 1 aliphatic rings. The SMILES string of the molecule is CCCOc1cccc(C2c3c(oc4ccc(Br)cc4c3=O)C(=O)N2c2nnc(C)s2)c1. The number of carbonyl (C=O) groups is 1. The van der Waals surface area contributed by atoms with Crippen molar-refractivity contribution in [3.05, 3.63) is 79.1 Å². The molecule has 162 valence electrons. The van der Waals surface area contributed by atoms with E-state index in [9.17, 15) is 9.59 Å². The maximum absolute atomic E-state index is 13.6. The van der Waals surface area contributed by atoms with Crippen LogP contribution in [0, 0.1) is 6.92 Å². The molecule has 0 spiro atoms. The molecular weight excluding hydrogens is 494 g/mol. The summed E-state index contributed by atoms with van der Waals surface area (Å²) in [6, 6.07) is 11.9. The fraction of sp³-hybridized carbons (Fsp3) is 0.217. The molecular formula is C23H18BrN3O4S. The lowest BCUT2D eigenvalue weighted by Crippen LogP contribution is -2.29. The van der Waals surface area contributed by atoms with Crippen LogP contribution in [0.15, 0.2) is 56.1 Å². The van der Waals surface area contributed by atoms with Crippen molar-refractivity contribution >= 4 is 49.3 Å². The van der Waals surface area contributed by atoms with Crippen LogP contribution in [0.5, 0.6) is 5.75 Å². The Labute approximate surface area is 195 Å². The highest BCUT2D eigenvalue weighted by atomic mass is 79.9. The number of rotatable bonds is 5. The highest BCUT2D eigenvalue weighted by molar-refractivity contribution is 9.10. The molecule has 5 rings (SSSR count). The van der Waals surface area contributed by atoms with E-state index in [4.69, 9.17) is 9.15 Å². The smallest absolute Gasteiger partial charge is 0.297 e. The summed E-state index contributed by atoms with van der Waals surface area (Å²) in [5.41, 5.74) is 1.14. The number of amides is 1. The van der Waals surface area contributed by atoms with Crippen LogP contribution in [-0.4, -0.2) is 22.7 Å². The molecule has 1 aliphatic heterocycles. The Kier molecular flexibility index (Phi) is 5.30. The summed E-state index contributed by atoms with van der Waals surface area (Å²) in [5.74, 6) is 0.289. The molecule has 0 fully saturated rings. The van der Waals surface area contributed by atoms with Crippen LogP contribution in [0.4, 0.5) is 5.13 Å². The largest absolute Gasteiger partial charge is 0.494 e. The first-order valence-electron chi connectivity index (χ1n) is 10.1. The van der Waals surface area contributed by atoms with Crippen molar-refractivity contribution in [1.29, 1.82) is 0 Å². The third-order valence-electron chi connectivity index (χ3n) is 5.20. The molecule has 0 N–H and O–H groups in total. The number of aryl methyl sites for hydroxylation is 1. The van der Waals surface area contributed by atoms with Crippen LogP contribution in [0.2, 0.25) is 0 Å². The molecule has 2 aromatic heterocycles. The van der Waals surface area contributed by atoms with Gasteiger partial charge in [0.05, 0.1) is 23.6 Å². The van der Waals surface area contributed by atoms with Crippen molar-refractivity contribution in [2.75, 3.05) is 11.5 Å². The maximum atomic E-state index is 13.6. The number of fused-ring (bicyclic) bond motifs is 2. The molecule has 32 heavy (non-hydrogen) atoms. The van der Waals surface area contributed by atoms with E-state index in [1.165, 1.54) is 16.2 Å². The van der Waals surface area contributed by atoms with Crippen molar-refractivity contribution in [3.63, 3.8) is 0 Å². The van der Waals surface area contributed by atoms with Gasteiger partial charge in [-0.05, 0) is 49.2 Å². The Morgan fingerprint density at radius 2 is 2.03 bits per heavy atom. The van der Waals surface area contributed by atoms with E-state index >= 15 is 0 Å². The van der Waals surface area contributed by atoms with Crippen LogP contribution in [-0.2, 0) is 0 Å². The van der Waals surface area contributed by atoms with Crippen molar-refractivity contribution in [3.8, 4) is 5.75 Å². The quantitative estimate of drug-likeness (QED) is 0.363. The Hall–Kier alpha value is -3.04. The van der Waals surface area contributed by atoms with Crippen molar-refractivity contribution in [2.45, 2.75) is 26.3 Å². The van der Waals surface area contributed by atoms with Crippen LogP contribution < -0.4 is 15.1 Å². The monoisotopic (exact) mass is 511 g/mol. The zero-order valence-electron chi connectivity index (χ0n) is 17.3. The highest BCUT2D eigenvalue weighted by Gasteiger charge is 2.45. The molecule has 1 atom stereocenters. The number of nitrogens with zero attached hydrogens (tertiary/aromatic N) is 3. The van der Waals surface area contributed by atoms with Gasteiger partial charge in [-0.1, -0.05) is 46.3 Å². The van der Waals surface area contributed by atoms with Gasteiger partial charge in [-0.2, -0.15) is 0 Å². The van der Waals surface area contributed by atoms with Gasteiger partial charge < -0.3 is 9.15 Å². The van der Waals surface area contributed by atoms with Crippen LogP contribution in [0.1, 0.15) is 46.1 Å². The zero-order valence-corrected chi connectivity index (χ0v) is 19.7. The number of aromatic nitrogens is 2. The number of carbonyl (C=O) groups excluding carboxylic acids is 1. The molecule has 0 saturated heterocycles. The van der Waals surface area contributed by atoms with Crippen LogP contribution in [0.25, 0.3) is 11.0 Å². The van der Waals surface area contributed by atoms with Gasteiger partial charge in [0.2, 0.25) is 10.9 Å². The number of halogens is 1. The Morgan fingerprint density at radius 1 is 1.19 bits per heavy atom. The predicted octanol–water partition coefficient (Wildman–Crippen LogP) is 5.25. The van der Waals surface area contributed by atoms with E-state index in [-0.39, 0.29) is 11.2 Å². The lowest BCUT2D eigenvalue weighted by molar-refractivity contribution is 0.0970. The first kappa shape index (κ1) is 20.8. The van der Waals surface area contributed by atoms with Gasteiger partial charge in [0.15, 0.2) is 5.43 Å².